The zero-order valence-corrected chi connectivity index (χ0v) is 28.5. The van der Waals surface area contributed by atoms with Crippen molar-refractivity contribution in [2.45, 2.75) is 46.1 Å². The molecule has 0 N–H and O–H groups in total. The molecule has 0 bridgehead atoms. The number of rotatable bonds is 18. The molecule has 4 aromatic carbocycles. The normalized spacial score (nSPS) is 10.9. The van der Waals surface area contributed by atoms with Crippen molar-refractivity contribution in [2.75, 3.05) is 34.4 Å². The SMILES string of the molecule is CCCc1c(OCCCOc2cc(COc3ccccc3)c(C(=O)/C=C/N(C)C)cc2CC)cccc1Oc1ccccc1C(=O)OC. The Labute approximate surface area is 283 Å². The second kappa shape index (κ2) is 18.2. The van der Waals surface area contributed by atoms with Crippen LogP contribution in [0.1, 0.15) is 64.1 Å². The van der Waals surface area contributed by atoms with Gasteiger partial charge in [-0.1, -0.05) is 56.7 Å². The first kappa shape index (κ1) is 35.6. The van der Waals surface area contributed by atoms with E-state index in [9.17, 15) is 9.59 Å². The van der Waals surface area contributed by atoms with E-state index in [-0.39, 0.29) is 12.4 Å². The summed E-state index contributed by atoms with van der Waals surface area (Å²) in [5, 5.41) is 0. The van der Waals surface area contributed by atoms with Crippen LogP contribution in [-0.2, 0) is 24.2 Å². The Balaban J connectivity index is 1.45. The fourth-order valence-corrected chi connectivity index (χ4v) is 5.06. The molecule has 0 heterocycles. The lowest BCUT2D eigenvalue weighted by Gasteiger charge is -2.18. The number of nitrogens with zero attached hydrogens (tertiary/aromatic N) is 1. The summed E-state index contributed by atoms with van der Waals surface area (Å²) in [4.78, 5) is 27.3. The number of allylic oxidation sites excluding steroid dienone is 1. The minimum Gasteiger partial charge on any atom is -0.493 e. The number of hydrogen-bond acceptors (Lipinski definition) is 8. The molecule has 4 rings (SSSR count). The Hall–Kier alpha value is -5.24. The number of ether oxygens (including phenoxy) is 5. The first-order valence-corrected chi connectivity index (χ1v) is 16.3. The number of benzene rings is 4. The van der Waals surface area contributed by atoms with E-state index in [0.717, 1.165) is 46.8 Å². The summed E-state index contributed by atoms with van der Waals surface area (Å²) in [6.45, 7) is 5.22. The van der Waals surface area contributed by atoms with Gasteiger partial charge >= 0.3 is 5.97 Å². The second-order valence-corrected chi connectivity index (χ2v) is 11.3. The number of carbonyl (C=O) groups is 2. The molecule has 0 aliphatic carbocycles. The van der Waals surface area contributed by atoms with Gasteiger partial charge in [0.25, 0.3) is 0 Å². The van der Waals surface area contributed by atoms with Gasteiger partial charge in [0, 0.05) is 49.5 Å². The summed E-state index contributed by atoms with van der Waals surface area (Å²) >= 11 is 0. The smallest absolute Gasteiger partial charge is 0.341 e. The quantitative estimate of drug-likeness (QED) is 0.0459. The first-order chi connectivity index (χ1) is 23.3. The predicted octanol–water partition coefficient (Wildman–Crippen LogP) is 8.47. The van der Waals surface area contributed by atoms with E-state index in [0.29, 0.717) is 48.7 Å². The van der Waals surface area contributed by atoms with Gasteiger partial charge in [0.2, 0.25) is 0 Å². The van der Waals surface area contributed by atoms with Gasteiger partial charge in [-0.15, -0.1) is 0 Å². The number of para-hydroxylation sites is 2. The lowest BCUT2D eigenvalue weighted by molar-refractivity contribution is 0.0597. The number of carbonyl (C=O) groups excluding carboxylic acids is 2. The fourth-order valence-electron chi connectivity index (χ4n) is 5.06. The predicted molar refractivity (Wildman–Crippen MR) is 188 cm³/mol. The van der Waals surface area contributed by atoms with Gasteiger partial charge in [0.1, 0.15) is 40.9 Å². The van der Waals surface area contributed by atoms with E-state index >= 15 is 0 Å². The molecule has 0 spiro atoms. The highest BCUT2D eigenvalue weighted by Crippen LogP contribution is 2.35. The highest BCUT2D eigenvalue weighted by atomic mass is 16.5. The van der Waals surface area contributed by atoms with Crippen molar-refractivity contribution in [1.82, 2.24) is 4.90 Å². The maximum atomic E-state index is 13.2. The highest BCUT2D eigenvalue weighted by molar-refractivity contribution is 6.05. The van der Waals surface area contributed by atoms with Crippen LogP contribution in [0.25, 0.3) is 0 Å². The third kappa shape index (κ3) is 9.88. The highest BCUT2D eigenvalue weighted by Gasteiger charge is 2.18. The van der Waals surface area contributed by atoms with Crippen molar-refractivity contribution in [2.24, 2.45) is 0 Å². The maximum Gasteiger partial charge on any atom is 0.341 e. The summed E-state index contributed by atoms with van der Waals surface area (Å²) in [5.41, 5.74) is 3.58. The largest absolute Gasteiger partial charge is 0.493 e. The Morgan fingerprint density at radius 2 is 1.42 bits per heavy atom. The zero-order chi connectivity index (χ0) is 34.3. The Bertz CT molecular complexity index is 1680. The van der Waals surface area contributed by atoms with Crippen LogP contribution in [0, 0.1) is 0 Å². The van der Waals surface area contributed by atoms with Gasteiger partial charge in [-0.3, -0.25) is 4.79 Å². The molecule has 0 unspecified atom stereocenters. The van der Waals surface area contributed by atoms with Crippen LogP contribution >= 0.6 is 0 Å². The topological polar surface area (TPSA) is 83.5 Å². The molecule has 0 saturated carbocycles. The standard InChI is InChI=1S/C40H45NO7/c1-6-15-32-36(20-13-21-37(32)48-38-19-12-11-18-33(38)40(43)44-5)45-24-14-25-46-39-27-30(28-47-31-16-9-8-10-17-31)34(26-29(39)7-2)35(42)22-23-41(3)4/h8-13,16-23,26-27H,6-7,14-15,24-25,28H2,1-5H3/b23-22+. The second-order valence-electron chi connectivity index (χ2n) is 11.3. The molecule has 48 heavy (non-hydrogen) atoms. The van der Waals surface area contributed by atoms with Crippen molar-refractivity contribution in [3.63, 3.8) is 0 Å². The van der Waals surface area contributed by atoms with E-state index in [4.69, 9.17) is 23.7 Å². The summed E-state index contributed by atoms with van der Waals surface area (Å²) in [6.07, 6.45) is 6.28. The summed E-state index contributed by atoms with van der Waals surface area (Å²) in [7, 11) is 5.11. The molecule has 252 valence electrons. The molecule has 8 nitrogen and oxygen atoms in total. The van der Waals surface area contributed by atoms with Gasteiger partial charge in [-0.2, -0.15) is 0 Å². The number of methoxy groups -OCH3 is 1. The molecule has 0 atom stereocenters. The van der Waals surface area contributed by atoms with E-state index in [2.05, 4.69) is 6.92 Å². The summed E-state index contributed by atoms with van der Waals surface area (Å²) in [6, 6.07) is 26.1. The number of esters is 1. The van der Waals surface area contributed by atoms with Gasteiger partial charge < -0.3 is 28.6 Å². The summed E-state index contributed by atoms with van der Waals surface area (Å²) < 4.78 is 29.7. The molecule has 0 aliphatic rings. The minimum absolute atomic E-state index is 0.0899. The average molecular weight is 652 g/mol. The van der Waals surface area contributed by atoms with Crippen LogP contribution < -0.4 is 18.9 Å². The Morgan fingerprint density at radius 1 is 0.729 bits per heavy atom. The third-order valence-corrected chi connectivity index (χ3v) is 7.50. The van der Waals surface area contributed by atoms with Crippen molar-refractivity contribution < 1.29 is 33.3 Å². The van der Waals surface area contributed by atoms with Crippen molar-refractivity contribution >= 4 is 11.8 Å². The molecule has 0 fully saturated rings. The van der Waals surface area contributed by atoms with Crippen molar-refractivity contribution in [1.29, 1.82) is 0 Å². The Kier molecular flexibility index (Phi) is 13.5. The van der Waals surface area contributed by atoms with Gasteiger partial charge in [-0.05, 0) is 66.9 Å². The zero-order valence-electron chi connectivity index (χ0n) is 28.5. The molecule has 0 aliphatic heterocycles. The molecule has 0 saturated heterocycles. The molecule has 8 heteroatoms. The molecule has 4 aromatic rings. The van der Waals surface area contributed by atoms with Crippen molar-refractivity contribution in [3.05, 3.63) is 125 Å². The minimum atomic E-state index is -0.459. The van der Waals surface area contributed by atoms with E-state index in [1.165, 1.54) is 7.11 Å². The van der Waals surface area contributed by atoms with Crippen molar-refractivity contribution in [3.8, 4) is 28.7 Å². The van der Waals surface area contributed by atoms with Crippen LogP contribution in [0.4, 0.5) is 0 Å². The average Bonchev–Trinajstić information content (AvgIpc) is 3.11. The van der Waals surface area contributed by atoms with Crippen LogP contribution in [-0.4, -0.2) is 51.1 Å². The molecular weight excluding hydrogens is 606 g/mol. The first-order valence-electron chi connectivity index (χ1n) is 16.3. The van der Waals surface area contributed by atoms with Crippen LogP contribution in [0.5, 0.6) is 28.7 Å². The molecule has 0 aromatic heterocycles. The third-order valence-electron chi connectivity index (χ3n) is 7.50. The fraction of sp³-hybridized carbons (Fsp3) is 0.300. The van der Waals surface area contributed by atoms with Crippen LogP contribution in [0.2, 0.25) is 0 Å². The van der Waals surface area contributed by atoms with Gasteiger partial charge in [0.05, 0.1) is 20.3 Å². The lowest BCUT2D eigenvalue weighted by Crippen LogP contribution is -2.11. The molecule has 0 amide bonds. The van der Waals surface area contributed by atoms with E-state index in [1.807, 2.05) is 92.6 Å². The lowest BCUT2D eigenvalue weighted by atomic mass is 9.98. The van der Waals surface area contributed by atoms with Crippen LogP contribution in [0.3, 0.4) is 0 Å². The maximum absolute atomic E-state index is 13.2. The summed E-state index contributed by atoms with van der Waals surface area (Å²) in [5.74, 6) is 2.69. The van der Waals surface area contributed by atoms with E-state index < -0.39 is 5.97 Å². The molecule has 0 radical (unpaired) electrons. The van der Waals surface area contributed by atoms with E-state index in [1.54, 1.807) is 30.5 Å². The monoisotopic (exact) mass is 651 g/mol. The van der Waals surface area contributed by atoms with Crippen LogP contribution in [0.15, 0.2) is 97.2 Å². The van der Waals surface area contributed by atoms with Gasteiger partial charge in [-0.25, -0.2) is 4.79 Å². The Morgan fingerprint density at radius 3 is 2.12 bits per heavy atom. The number of ketones is 1. The van der Waals surface area contributed by atoms with Gasteiger partial charge in [0.15, 0.2) is 5.78 Å². The molecular formula is C40H45NO7. The number of hydrogen-bond donors (Lipinski definition) is 0. The number of aryl methyl sites for hydroxylation is 1.